The van der Waals surface area contributed by atoms with Crippen molar-refractivity contribution in [1.29, 1.82) is 0 Å². The lowest BCUT2D eigenvalue weighted by Gasteiger charge is -2.20. The Balaban J connectivity index is 2.62. The number of ether oxygens (including phenoxy) is 1. The predicted octanol–water partition coefficient (Wildman–Crippen LogP) is 1.00. The molecule has 1 aliphatic heterocycles. The molecule has 0 aromatic carbocycles. The standard InChI is InChI=1S/C7H12O2/c1-7(2)6(5-8)3-4-9-7/h5-6H,3-4H2,1-2H3/t6-/m0/s1. The molecule has 52 valence electrons. The van der Waals surface area contributed by atoms with Crippen molar-refractivity contribution in [3.63, 3.8) is 0 Å². The first-order chi connectivity index (χ1) is 4.17. The minimum atomic E-state index is -0.207. The lowest BCUT2D eigenvalue weighted by atomic mass is 9.93. The van der Waals surface area contributed by atoms with Crippen LogP contribution in [0.3, 0.4) is 0 Å². The number of aldehydes is 1. The zero-order valence-electron chi connectivity index (χ0n) is 5.89. The van der Waals surface area contributed by atoms with E-state index in [1.54, 1.807) is 0 Å². The van der Waals surface area contributed by atoms with E-state index in [2.05, 4.69) is 0 Å². The molecule has 0 radical (unpaired) electrons. The first-order valence-corrected chi connectivity index (χ1v) is 3.26. The molecule has 1 fully saturated rings. The van der Waals surface area contributed by atoms with E-state index in [1.165, 1.54) is 0 Å². The van der Waals surface area contributed by atoms with Crippen LogP contribution in [0.5, 0.6) is 0 Å². The van der Waals surface area contributed by atoms with Crippen LogP contribution in [0.4, 0.5) is 0 Å². The summed E-state index contributed by atoms with van der Waals surface area (Å²) in [4.78, 5) is 10.3. The highest BCUT2D eigenvalue weighted by molar-refractivity contribution is 5.56. The third-order valence-electron chi connectivity index (χ3n) is 1.96. The molecule has 0 bridgehead atoms. The van der Waals surface area contributed by atoms with Crippen LogP contribution < -0.4 is 0 Å². The van der Waals surface area contributed by atoms with Crippen molar-refractivity contribution < 1.29 is 9.53 Å². The molecule has 1 heterocycles. The van der Waals surface area contributed by atoms with Gasteiger partial charge in [-0.05, 0) is 20.3 Å². The van der Waals surface area contributed by atoms with Crippen molar-refractivity contribution in [3.8, 4) is 0 Å². The maximum absolute atomic E-state index is 10.3. The van der Waals surface area contributed by atoms with Gasteiger partial charge in [-0.25, -0.2) is 0 Å². The zero-order chi connectivity index (χ0) is 6.91. The molecule has 0 amide bonds. The molecule has 1 aliphatic rings. The first kappa shape index (κ1) is 6.75. The van der Waals surface area contributed by atoms with Crippen LogP contribution in [0.2, 0.25) is 0 Å². The highest BCUT2D eigenvalue weighted by Crippen LogP contribution is 2.29. The molecule has 0 unspecified atom stereocenters. The Kier molecular flexibility index (Phi) is 1.58. The fraction of sp³-hybridized carbons (Fsp3) is 0.857. The molecular weight excluding hydrogens is 116 g/mol. The molecule has 0 aliphatic carbocycles. The Morgan fingerprint density at radius 2 is 2.33 bits per heavy atom. The van der Waals surface area contributed by atoms with Gasteiger partial charge >= 0.3 is 0 Å². The molecule has 0 aromatic heterocycles. The van der Waals surface area contributed by atoms with Crippen LogP contribution in [0, 0.1) is 5.92 Å². The normalized spacial score (nSPS) is 32.4. The summed E-state index contributed by atoms with van der Waals surface area (Å²) >= 11 is 0. The molecular formula is C7H12O2. The first-order valence-electron chi connectivity index (χ1n) is 3.26. The van der Waals surface area contributed by atoms with Gasteiger partial charge in [-0.3, -0.25) is 0 Å². The Labute approximate surface area is 55.2 Å². The molecule has 0 spiro atoms. The maximum atomic E-state index is 10.3. The molecule has 2 heteroatoms. The lowest BCUT2D eigenvalue weighted by Crippen LogP contribution is -2.27. The fourth-order valence-electron chi connectivity index (χ4n) is 1.14. The molecule has 1 rings (SSSR count). The summed E-state index contributed by atoms with van der Waals surface area (Å²) in [6.07, 6.45) is 1.88. The summed E-state index contributed by atoms with van der Waals surface area (Å²) in [6, 6.07) is 0. The second kappa shape index (κ2) is 2.10. The fourth-order valence-corrected chi connectivity index (χ4v) is 1.14. The van der Waals surface area contributed by atoms with Crippen molar-refractivity contribution in [3.05, 3.63) is 0 Å². The van der Waals surface area contributed by atoms with E-state index in [-0.39, 0.29) is 11.5 Å². The number of carbonyl (C=O) groups is 1. The van der Waals surface area contributed by atoms with E-state index < -0.39 is 0 Å². The van der Waals surface area contributed by atoms with Crippen LogP contribution in [0.1, 0.15) is 20.3 Å². The van der Waals surface area contributed by atoms with Crippen LogP contribution in [0.15, 0.2) is 0 Å². The second-order valence-electron chi connectivity index (χ2n) is 2.98. The van der Waals surface area contributed by atoms with Crippen LogP contribution in [-0.2, 0) is 9.53 Å². The third-order valence-corrected chi connectivity index (χ3v) is 1.96. The Bertz CT molecular complexity index is 118. The summed E-state index contributed by atoms with van der Waals surface area (Å²) in [7, 11) is 0. The van der Waals surface area contributed by atoms with Crippen molar-refractivity contribution in [2.75, 3.05) is 6.61 Å². The smallest absolute Gasteiger partial charge is 0.126 e. The third kappa shape index (κ3) is 1.13. The van der Waals surface area contributed by atoms with Gasteiger partial charge < -0.3 is 9.53 Å². The second-order valence-corrected chi connectivity index (χ2v) is 2.98. The van der Waals surface area contributed by atoms with Gasteiger partial charge in [0.2, 0.25) is 0 Å². The average molecular weight is 128 g/mol. The lowest BCUT2D eigenvalue weighted by molar-refractivity contribution is -0.115. The van der Waals surface area contributed by atoms with E-state index >= 15 is 0 Å². The molecule has 1 saturated heterocycles. The van der Waals surface area contributed by atoms with Crippen molar-refractivity contribution in [2.24, 2.45) is 5.92 Å². The van der Waals surface area contributed by atoms with Crippen molar-refractivity contribution in [1.82, 2.24) is 0 Å². The highest BCUT2D eigenvalue weighted by Gasteiger charge is 2.35. The molecule has 1 atom stereocenters. The van der Waals surface area contributed by atoms with E-state index in [9.17, 15) is 4.79 Å². The highest BCUT2D eigenvalue weighted by atomic mass is 16.5. The maximum Gasteiger partial charge on any atom is 0.126 e. The van der Waals surface area contributed by atoms with E-state index in [0.29, 0.717) is 0 Å². The van der Waals surface area contributed by atoms with Crippen LogP contribution >= 0.6 is 0 Å². The van der Waals surface area contributed by atoms with Gasteiger partial charge in [0.1, 0.15) is 6.29 Å². The van der Waals surface area contributed by atoms with Gasteiger partial charge in [-0.1, -0.05) is 0 Å². The topological polar surface area (TPSA) is 26.3 Å². The van der Waals surface area contributed by atoms with E-state index in [1.807, 2.05) is 13.8 Å². The van der Waals surface area contributed by atoms with Gasteiger partial charge in [0, 0.05) is 12.5 Å². The quantitative estimate of drug-likeness (QED) is 0.492. The molecule has 0 saturated carbocycles. The Morgan fingerprint density at radius 1 is 1.67 bits per heavy atom. The monoisotopic (exact) mass is 128 g/mol. The minimum Gasteiger partial charge on any atom is -0.375 e. The van der Waals surface area contributed by atoms with Crippen LogP contribution in [0.25, 0.3) is 0 Å². The summed E-state index contributed by atoms with van der Waals surface area (Å²) in [5, 5.41) is 0. The van der Waals surface area contributed by atoms with Gasteiger partial charge in [0.05, 0.1) is 5.60 Å². The molecule has 0 aromatic rings. The number of carbonyl (C=O) groups excluding carboxylic acids is 1. The molecule has 9 heavy (non-hydrogen) atoms. The van der Waals surface area contributed by atoms with Gasteiger partial charge in [-0.2, -0.15) is 0 Å². The largest absolute Gasteiger partial charge is 0.375 e. The van der Waals surface area contributed by atoms with E-state index in [4.69, 9.17) is 4.74 Å². The van der Waals surface area contributed by atoms with Gasteiger partial charge in [0.25, 0.3) is 0 Å². The van der Waals surface area contributed by atoms with Gasteiger partial charge in [-0.15, -0.1) is 0 Å². The number of hydrogen-bond donors (Lipinski definition) is 0. The van der Waals surface area contributed by atoms with Gasteiger partial charge in [0.15, 0.2) is 0 Å². The van der Waals surface area contributed by atoms with Crippen molar-refractivity contribution >= 4 is 6.29 Å². The SMILES string of the molecule is CC1(C)OCC[C@H]1C=O. The summed E-state index contributed by atoms with van der Waals surface area (Å²) < 4.78 is 5.31. The molecule has 0 N–H and O–H groups in total. The predicted molar refractivity (Wildman–Crippen MR) is 34.2 cm³/mol. The molecule has 2 nitrogen and oxygen atoms in total. The average Bonchev–Trinajstić information content (AvgIpc) is 2.08. The zero-order valence-corrected chi connectivity index (χ0v) is 5.89. The summed E-state index contributed by atoms with van der Waals surface area (Å²) in [5.41, 5.74) is -0.207. The summed E-state index contributed by atoms with van der Waals surface area (Å²) in [6.45, 7) is 4.65. The Hall–Kier alpha value is -0.370. The van der Waals surface area contributed by atoms with E-state index in [0.717, 1.165) is 19.3 Å². The Morgan fingerprint density at radius 3 is 2.56 bits per heavy atom. The number of hydrogen-bond acceptors (Lipinski definition) is 2. The minimum absolute atomic E-state index is 0.109. The van der Waals surface area contributed by atoms with Crippen LogP contribution in [-0.4, -0.2) is 18.5 Å². The summed E-state index contributed by atoms with van der Waals surface area (Å²) in [5.74, 6) is 0.109. The van der Waals surface area contributed by atoms with Crippen molar-refractivity contribution in [2.45, 2.75) is 25.9 Å². The number of rotatable bonds is 1.